The van der Waals surface area contributed by atoms with Gasteiger partial charge in [-0.1, -0.05) is 12.1 Å². The Morgan fingerprint density at radius 3 is 3.07 bits per heavy atom. The average molecular weight is 363 g/mol. The molecule has 0 spiro atoms. The Bertz CT molecular complexity index is 974. The van der Waals surface area contributed by atoms with E-state index in [0.717, 1.165) is 6.42 Å². The third-order valence-corrected chi connectivity index (χ3v) is 4.38. The van der Waals surface area contributed by atoms with Crippen molar-refractivity contribution >= 4 is 5.91 Å². The lowest BCUT2D eigenvalue weighted by molar-refractivity contribution is 0.0905. The molecule has 9 heteroatoms. The summed E-state index contributed by atoms with van der Waals surface area (Å²) in [5.74, 6) is 0.0938. The number of hydrogen-bond acceptors (Lipinski definition) is 7. The smallest absolute Gasteiger partial charge is 0.307 e. The molecule has 1 aromatic carbocycles. The summed E-state index contributed by atoms with van der Waals surface area (Å²) in [6.45, 7) is 1.31. The van der Waals surface area contributed by atoms with E-state index in [-0.39, 0.29) is 23.9 Å². The molecular weight excluding hydrogens is 346 g/mol. The molecule has 1 aliphatic rings. The topological polar surface area (TPSA) is 122 Å². The van der Waals surface area contributed by atoms with Gasteiger partial charge in [-0.15, -0.1) is 0 Å². The maximum absolute atomic E-state index is 12.4. The largest absolute Gasteiger partial charge is 0.432 e. The number of nitriles is 1. The van der Waals surface area contributed by atoms with Gasteiger partial charge in [0.15, 0.2) is 5.76 Å². The lowest BCUT2D eigenvalue weighted by Crippen LogP contribution is -2.36. The highest BCUT2D eigenvalue weighted by atomic mass is 16.4. The van der Waals surface area contributed by atoms with Crippen molar-refractivity contribution in [1.82, 2.24) is 30.6 Å². The first kappa shape index (κ1) is 16.9. The quantitative estimate of drug-likeness (QED) is 0.692. The zero-order chi connectivity index (χ0) is 18.6. The van der Waals surface area contributed by atoms with Crippen LogP contribution in [0.4, 0.5) is 0 Å². The molecule has 2 N–H and O–H groups in total. The van der Waals surface area contributed by atoms with E-state index in [9.17, 15) is 4.79 Å². The Balaban J connectivity index is 1.36. The van der Waals surface area contributed by atoms with Crippen LogP contribution in [0, 0.1) is 11.3 Å². The fourth-order valence-electron chi connectivity index (χ4n) is 3.10. The molecule has 0 aliphatic carbocycles. The first-order valence-electron chi connectivity index (χ1n) is 8.56. The Morgan fingerprint density at radius 1 is 1.41 bits per heavy atom. The van der Waals surface area contributed by atoms with Crippen LogP contribution < -0.4 is 10.6 Å². The molecule has 3 heterocycles. The minimum Gasteiger partial charge on any atom is -0.432 e. The van der Waals surface area contributed by atoms with Crippen LogP contribution in [-0.2, 0) is 6.54 Å². The fourth-order valence-corrected chi connectivity index (χ4v) is 3.10. The van der Waals surface area contributed by atoms with E-state index >= 15 is 0 Å². The molecule has 2 atom stereocenters. The number of carbonyl (C=O) groups excluding carboxylic acids is 1. The van der Waals surface area contributed by atoms with Gasteiger partial charge in [0.05, 0.1) is 36.8 Å². The summed E-state index contributed by atoms with van der Waals surface area (Å²) in [5.41, 5.74) is 1.22. The molecule has 1 aliphatic heterocycles. The highest BCUT2D eigenvalue weighted by molar-refractivity contribution is 5.90. The van der Waals surface area contributed by atoms with E-state index < -0.39 is 0 Å². The highest BCUT2D eigenvalue weighted by Crippen LogP contribution is 2.21. The van der Waals surface area contributed by atoms with Crippen LogP contribution >= 0.6 is 0 Å². The number of nitrogens with zero attached hydrogens (tertiary/aromatic N) is 5. The number of benzene rings is 1. The van der Waals surface area contributed by atoms with Crippen molar-refractivity contribution in [2.75, 3.05) is 6.54 Å². The number of rotatable bonds is 5. The summed E-state index contributed by atoms with van der Waals surface area (Å²) in [6.07, 6.45) is 5.54. The molecule has 0 bridgehead atoms. The standard InChI is InChI=1S/C18H17N7O2/c19-8-12-2-1-3-13(6-12)16-10-21-18(27-16)17(26)24-14-7-15(20-9-14)11-25-22-4-5-23-25/h1-6,10,14-15,20H,7,9,11H2,(H,24,26)/t14-,15+/m1/s1. The van der Waals surface area contributed by atoms with Crippen LogP contribution in [0.1, 0.15) is 22.7 Å². The number of hydrogen-bond donors (Lipinski definition) is 2. The molecular formula is C18H17N7O2. The third-order valence-electron chi connectivity index (χ3n) is 4.38. The lowest BCUT2D eigenvalue weighted by Gasteiger charge is -2.10. The SMILES string of the molecule is N#Cc1cccc(-c2cnc(C(=O)N[C@H]3CN[C@H](Cn4nccn4)C3)o2)c1. The van der Waals surface area contributed by atoms with Crippen LogP contribution in [0.25, 0.3) is 11.3 Å². The van der Waals surface area contributed by atoms with E-state index in [1.54, 1.807) is 41.5 Å². The number of nitrogens with one attached hydrogen (secondary N) is 2. The monoisotopic (exact) mass is 363 g/mol. The van der Waals surface area contributed by atoms with Crippen molar-refractivity contribution in [3.05, 3.63) is 54.3 Å². The molecule has 1 saturated heterocycles. The van der Waals surface area contributed by atoms with Crippen molar-refractivity contribution in [3.63, 3.8) is 0 Å². The van der Waals surface area contributed by atoms with Gasteiger partial charge in [0.1, 0.15) is 0 Å². The minimum absolute atomic E-state index is 0.00422. The highest BCUT2D eigenvalue weighted by Gasteiger charge is 2.27. The maximum atomic E-state index is 12.4. The second-order valence-corrected chi connectivity index (χ2v) is 6.32. The van der Waals surface area contributed by atoms with E-state index in [4.69, 9.17) is 9.68 Å². The molecule has 3 aromatic rings. The molecule has 9 nitrogen and oxygen atoms in total. The molecule has 0 radical (unpaired) electrons. The van der Waals surface area contributed by atoms with Crippen LogP contribution in [0.2, 0.25) is 0 Å². The Kier molecular flexibility index (Phi) is 4.63. The predicted octanol–water partition coefficient (Wildman–Crippen LogP) is 0.965. The van der Waals surface area contributed by atoms with Gasteiger partial charge in [0.2, 0.25) is 0 Å². The lowest BCUT2D eigenvalue weighted by atomic mass is 10.1. The summed E-state index contributed by atoms with van der Waals surface area (Å²) in [5, 5.41) is 23.4. The van der Waals surface area contributed by atoms with Gasteiger partial charge in [-0.3, -0.25) is 4.79 Å². The summed E-state index contributed by atoms with van der Waals surface area (Å²) >= 11 is 0. The van der Waals surface area contributed by atoms with Crippen molar-refractivity contribution in [1.29, 1.82) is 5.26 Å². The van der Waals surface area contributed by atoms with E-state index in [1.807, 2.05) is 0 Å². The van der Waals surface area contributed by atoms with Crippen LogP contribution in [0.15, 0.2) is 47.3 Å². The van der Waals surface area contributed by atoms with Gasteiger partial charge in [-0.2, -0.15) is 20.3 Å². The second-order valence-electron chi connectivity index (χ2n) is 6.32. The number of oxazole rings is 1. The first-order chi connectivity index (χ1) is 13.2. The van der Waals surface area contributed by atoms with E-state index in [0.29, 0.717) is 30.0 Å². The van der Waals surface area contributed by atoms with Crippen molar-refractivity contribution in [2.45, 2.75) is 25.0 Å². The van der Waals surface area contributed by atoms with Crippen molar-refractivity contribution < 1.29 is 9.21 Å². The van der Waals surface area contributed by atoms with Gasteiger partial charge in [0, 0.05) is 24.2 Å². The van der Waals surface area contributed by atoms with Crippen molar-refractivity contribution in [2.24, 2.45) is 0 Å². The molecule has 0 unspecified atom stereocenters. The van der Waals surface area contributed by atoms with E-state index in [2.05, 4.69) is 31.9 Å². The molecule has 4 rings (SSSR count). The van der Waals surface area contributed by atoms with Gasteiger partial charge in [-0.25, -0.2) is 4.98 Å². The average Bonchev–Trinajstić information content (AvgIpc) is 3.44. The van der Waals surface area contributed by atoms with Crippen LogP contribution in [0.5, 0.6) is 0 Å². The summed E-state index contributed by atoms with van der Waals surface area (Å²) in [6, 6.07) is 9.21. The molecule has 2 aromatic heterocycles. The Morgan fingerprint density at radius 2 is 2.26 bits per heavy atom. The summed E-state index contributed by atoms with van der Waals surface area (Å²) < 4.78 is 5.58. The van der Waals surface area contributed by atoms with E-state index in [1.165, 1.54) is 6.20 Å². The summed E-state index contributed by atoms with van der Waals surface area (Å²) in [4.78, 5) is 18.1. The molecule has 1 fully saturated rings. The Labute approximate surface area is 155 Å². The third kappa shape index (κ3) is 3.86. The molecule has 1 amide bonds. The number of amides is 1. The van der Waals surface area contributed by atoms with Crippen LogP contribution in [0.3, 0.4) is 0 Å². The van der Waals surface area contributed by atoms with Gasteiger partial charge < -0.3 is 15.1 Å². The molecule has 27 heavy (non-hydrogen) atoms. The van der Waals surface area contributed by atoms with Gasteiger partial charge in [0.25, 0.3) is 5.89 Å². The second kappa shape index (κ2) is 7.39. The minimum atomic E-state index is -0.359. The number of carbonyl (C=O) groups is 1. The van der Waals surface area contributed by atoms with Gasteiger partial charge in [-0.05, 0) is 18.6 Å². The molecule has 136 valence electrons. The normalized spacial score (nSPS) is 18.9. The van der Waals surface area contributed by atoms with Crippen molar-refractivity contribution in [3.8, 4) is 17.4 Å². The zero-order valence-corrected chi connectivity index (χ0v) is 14.4. The van der Waals surface area contributed by atoms with Crippen LogP contribution in [-0.4, -0.2) is 44.5 Å². The van der Waals surface area contributed by atoms with Gasteiger partial charge >= 0.3 is 5.91 Å². The Hall–Kier alpha value is -3.51. The fraction of sp³-hybridized carbons (Fsp3) is 0.278. The molecule has 0 saturated carbocycles. The maximum Gasteiger partial charge on any atom is 0.307 e. The predicted molar refractivity (Wildman–Crippen MR) is 94.3 cm³/mol. The zero-order valence-electron chi connectivity index (χ0n) is 14.4. The summed E-state index contributed by atoms with van der Waals surface area (Å²) in [7, 11) is 0. The number of aromatic nitrogens is 4. The first-order valence-corrected chi connectivity index (χ1v) is 8.56.